The van der Waals surface area contributed by atoms with Crippen molar-refractivity contribution in [3.05, 3.63) is 63.2 Å². The van der Waals surface area contributed by atoms with Gasteiger partial charge in [-0.3, -0.25) is 19.4 Å². The number of nitrogens with one attached hydrogen (secondary N) is 2. The molecule has 2 aromatic heterocycles. The van der Waals surface area contributed by atoms with Crippen LogP contribution in [0.2, 0.25) is 0 Å². The maximum atomic E-state index is 13.0. The number of nitrogens with zero attached hydrogens (tertiary/aromatic N) is 4. The molecule has 0 radical (unpaired) electrons. The number of hydrogen-bond acceptors (Lipinski definition) is 5. The van der Waals surface area contributed by atoms with Gasteiger partial charge in [-0.25, -0.2) is 4.98 Å². The topological polar surface area (TPSA) is 113 Å². The fourth-order valence-electron chi connectivity index (χ4n) is 4.36. The SMILES string of the molecule is Cc1ccc(N2C[C@H](C(=O)Nc3cc(C)nn3-c3nc4c(c(=O)[nH]3)CCC4)CC2=O)cc1. The largest absolute Gasteiger partial charge is 0.312 e. The van der Waals surface area contributed by atoms with Gasteiger partial charge in [0.1, 0.15) is 5.82 Å². The molecule has 0 saturated carbocycles. The van der Waals surface area contributed by atoms with Crippen molar-refractivity contribution >= 4 is 23.3 Å². The molecular formula is C23H24N6O3. The van der Waals surface area contributed by atoms with E-state index in [4.69, 9.17) is 0 Å². The van der Waals surface area contributed by atoms with Gasteiger partial charge in [-0.05, 0) is 45.2 Å². The summed E-state index contributed by atoms with van der Waals surface area (Å²) in [5.41, 5.74) is 3.91. The highest BCUT2D eigenvalue weighted by atomic mass is 16.2. The van der Waals surface area contributed by atoms with Crippen LogP contribution in [0.25, 0.3) is 5.95 Å². The molecule has 1 atom stereocenters. The van der Waals surface area contributed by atoms with Crippen LogP contribution in [0, 0.1) is 19.8 Å². The first-order valence-corrected chi connectivity index (χ1v) is 10.8. The molecular weight excluding hydrogens is 408 g/mol. The number of fused-ring (bicyclic) bond motifs is 1. The van der Waals surface area contributed by atoms with Gasteiger partial charge >= 0.3 is 0 Å². The summed E-state index contributed by atoms with van der Waals surface area (Å²) >= 11 is 0. The molecule has 0 bridgehead atoms. The van der Waals surface area contributed by atoms with E-state index in [0.717, 1.165) is 41.8 Å². The number of hydrogen-bond donors (Lipinski definition) is 2. The van der Waals surface area contributed by atoms with Gasteiger partial charge in [-0.1, -0.05) is 17.7 Å². The number of aromatic nitrogens is 4. The number of anilines is 2. The maximum absolute atomic E-state index is 13.0. The molecule has 2 aliphatic rings. The normalized spacial score (nSPS) is 17.6. The summed E-state index contributed by atoms with van der Waals surface area (Å²) in [5, 5.41) is 7.29. The Morgan fingerprint density at radius 1 is 1.16 bits per heavy atom. The van der Waals surface area contributed by atoms with E-state index in [1.807, 2.05) is 31.2 Å². The molecule has 9 nitrogen and oxygen atoms in total. The molecule has 1 aromatic carbocycles. The van der Waals surface area contributed by atoms with Crippen LogP contribution in [-0.2, 0) is 22.4 Å². The maximum Gasteiger partial charge on any atom is 0.255 e. The summed E-state index contributed by atoms with van der Waals surface area (Å²) in [7, 11) is 0. The molecule has 2 N–H and O–H groups in total. The second kappa shape index (κ2) is 7.74. The van der Waals surface area contributed by atoms with Crippen molar-refractivity contribution in [2.24, 2.45) is 5.92 Å². The van der Waals surface area contributed by atoms with E-state index in [9.17, 15) is 14.4 Å². The third-order valence-electron chi connectivity index (χ3n) is 6.05. The number of rotatable bonds is 4. The standard InChI is InChI=1S/C23H24N6O3/c1-13-6-8-16(9-7-13)28-12-15(11-20(28)30)21(31)25-19-10-14(2)27-29(19)23-24-18-5-3-4-17(18)22(32)26-23/h6-10,15H,3-5,11-12H2,1-2H3,(H,25,31)(H,24,26,32)/t15-/m1/s1. The highest BCUT2D eigenvalue weighted by Crippen LogP contribution is 2.27. The molecule has 9 heteroatoms. The van der Waals surface area contributed by atoms with Crippen molar-refractivity contribution in [2.75, 3.05) is 16.8 Å². The lowest BCUT2D eigenvalue weighted by Crippen LogP contribution is -2.29. The summed E-state index contributed by atoms with van der Waals surface area (Å²) in [4.78, 5) is 47.0. The monoisotopic (exact) mass is 432 g/mol. The highest BCUT2D eigenvalue weighted by molar-refractivity contribution is 6.03. The van der Waals surface area contributed by atoms with Gasteiger partial charge in [0.2, 0.25) is 17.8 Å². The first-order chi connectivity index (χ1) is 15.4. The third kappa shape index (κ3) is 3.59. The predicted molar refractivity (Wildman–Crippen MR) is 119 cm³/mol. The van der Waals surface area contributed by atoms with Gasteiger partial charge in [0, 0.05) is 30.3 Å². The smallest absolute Gasteiger partial charge is 0.255 e. The van der Waals surface area contributed by atoms with Gasteiger partial charge in [-0.15, -0.1) is 0 Å². The van der Waals surface area contributed by atoms with Gasteiger partial charge < -0.3 is 10.2 Å². The van der Waals surface area contributed by atoms with Crippen LogP contribution in [0.3, 0.4) is 0 Å². The van der Waals surface area contributed by atoms with E-state index in [0.29, 0.717) is 18.1 Å². The summed E-state index contributed by atoms with van der Waals surface area (Å²) in [6.45, 7) is 4.10. The Balaban J connectivity index is 1.37. The van der Waals surface area contributed by atoms with Gasteiger partial charge in [-0.2, -0.15) is 9.78 Å². The van der Waals surface area contributed by atoms with E-state index >= 15 is 0 Å². The second-order valence-corrected chi connectivity index (χ2v) is 8.48. The van der Waals surface area contributed by atoms with Crippen molar-refractivity contribution in [3.63, 3.8) is 0 Å². The minimum Gasteiger partial charge on any atom is -0.312 e. The molecule has 3 aromatic rings. The molecule has 164 valence electrons. The average Bonchev–Trinajstić information content (AvgIpc) is 3.47. The number of H-pyrrole nitrogens is 1. The van der Waals surface area contributed by atoms with Crippen LogP contribution in [0.5, 0.6) is 0 Å². The van der Waals surface area contributed by atoms with Crippen LogP contribution in [-0.4, -0.2) is 38.1 Å². The molecule has 5 rings (SSSR count). The summed E-state index contributed by atoms with van der Waals surface area (Å²) in [6, 6.07) is 9.40. The fourth-order valence-corrected chi connectivity index (χ4v) is 4.36. The van der Waals surface area contributed by atoms with Crippen molar-refractivity contribution in [2.45, 2.75) is 39.5 Å². The number of aromatic amines is 1. The molecule has 0 spiro atoms. The summed E-state index contributed by atoms with van der Waals surface area (Å²) < 4.78 is 1.45. The van der Waals surface area contributed by atoms with Crippen molar-refractivity contribution < 1.29 is 9.59 Å². The zero-order valence-corrected chi connectivity index (χ0v) is 18.0. The Morgan fingerprint density at radius 3 is 2.72 bits per heavy atom. The average molecular weight is 432 g/mol. The summed E-state index contributed by atoms with van der Waals surface area (Å²) in [5.74, 6) is -0.141. The third-order valence-corrected chi connectivity index (χ3v) is 6.05. The Hall–Kier alpha value is -3.75. The quantitative estimate of drug-likeness (QED) is 0.655. The van der Waals surface area contributed by atoms with Crippen LogP contribution < -0.4 is 15.8 Å². The molecule has 3 heterocycles. The Labute approximate surface area is 184 Å². The summed E-state index contributed by atoms with van der Waals surface area (Å²) in [6.07, 6.45) is 2.53. The lowest BCUT2D eigenvalue weighted by molar-refractivity contribution is -0.122. The molecule has 1 fully saturated rings. The van der Waals surface area contributed by atoms with Crippen LogP contribution >= 0.6 is 0 Å². The minimum atomic E-state index is -0.487. The van der Waals surface area contributed by atoms with E-state index in [-0.39, 0.29) is 29.7 Å². The van der Waals surface area contributed by atoms with Crippen LogP contribution in [0.15, 0.2) is 35.1 Å². The van der Waals surface area contributed by atoms with Gasteiger partial charge in [0.25, 0.3) is 5.56 Å². The number of carbonyl (C=O) groups excluding carboxylic acids is 2. The number of benzene rings is 1. The molecule has 2 amide bonds. The second-order valence-electron chi connectivity index (χ2n) is 8.48. The van der Waals surface area contributed by atoms with Crippen molar-refractivity contribution in [1.82, 2.24) is 19.7 Å². The zero-order chi connectivity index (χ0) is 22.4. The van der Waals surface area contributed by atoms with Crippen molar-refractivity contribution in [1.29, 1.82) is 0 Å². The van der Waals surface area contributed by atoms with Crippen LogP contribution in [0.1, 0.15) is 35.4 Å². The molecule has 1 aliphatic heterocycles. The molecule has 1 aliphatic carbocycles. The number of carbonyl (C=O) groups is 2. The van der Waals surface area contributed by atoms with Crippen LogP contribution in [0.4, 0.5) is 11.5 Å². The molecule has 32 heavy (non-hydrogen) atoms. The number of aryl methyl sites for hydroxylation is 3. The minimum absolute atomic E-state index is 0.0803. The first kappa shape index (κ1) is 20.2. The lowest BCUT2D eigenvalue weighted by atomic mass is 10.1. The fraction of sp³-hybridized carbons (Fsp3) is 0.348. The van der Waals surface area contributed by atoms with Crippen molar-refractivity contribution in [3.8, 4) is 5.95 Å². The van der Waals surface area contributed by atoms with E-state index in [2.05, 4.69) is 20.4 Å². The van der Waals surface area contributed by atoms with E-state index < -0.39 is 5.92 Å². The van der Waals surface area contributed by atoms with E-state index in [1.54, 1.807) is 17.9 Å². The number of amides is 2. The van der Waals surface area contributed by atoms with Gasteiger partial charge in [0.15, 0.2) is 0 Å². The Kier molecular flexibility index (Phi) is 4.88. The Morgan fingerprint density at radius 2 is 1.94 bits per heavy atom. The molecule has 0 unspecified atom stereocenters. The predicted octanol–water partition coefficient (Wildman–Crippen LogP) is 2.05. The lowest BCUT2D eigenvalue weighted by Gasteiger charge is -2.17. The van der Waals surface area contributed by atoms with Gasteiger partial charge in [0.05, 0.1) is 17.3 Å². The highest BCUT2D eigenvalue weighted by Gasteiger charge is 2.35. The van der Waals surface area contributed by atoms with E-state index in [1.165, 1.54) is 4.68 Å². The zero-order valence-electron chi connectivity index (χ0n) is 18.0. The Bertz CT molecular complexity index is 1270. The first-order valence-electron chi connectivity index (χ1n) is 10.8. The molecule has 1 saturated heterocycles.